The highest BCUT2D eigenvalue weighted by atomic mass is 16.8. The predicted octanol–water partition coefficient (Wildman–Crippen LogP) is -1.42. The first-order chi connectivity index (χ1) is 41.3. The van der Waals surface area contributed by atoms with Gasteiger partial charge in [-0.25, -0.2) is 9.59 Å². The number of benzene rings is 3. The molecule has 0 amide bonds. The molecule has 16 unspecified atom stereocenters. The number of aliphatic carboxylic acids is 1. The molecule has 1 aliphatic carbocycles. The first-order valence-corrected chi connectivity index (χ1v) is 26.1. The molecule has 4 heterocycles. The molecule has 8 rings (SSSR count). The van der Waals surface area contributed by atoms with Crippen LogP contribution in [0.15, 0.2) is 102 Å². The fraction of sp³-hybridized carbons (Fsp3) is 0.393. The second-order valence-corrected chi connectivity index (χ2v) is 19.7. The van der Waals surface area contributed by atoms with Crippen molar-refractivity contribution in [3.05, 3.63) is 118 Å². The second kappa shape index (κ2) is 27.8. The summed E-state index contributed by atoms with van der Waals surface area (Å²) in [4.78, 5) is 49.1. The van der Waals surface area contributed by atoms with Crippen molar-refractivity contribution in [3.63, 3.8) is 0 Å². The number of allylic oxidation sites excluding steroid dienone is 2. The highest BCUT2D eigenvalue weighted by Crippen LogP contribution is 2.44. The standard InChI is InChI=1S/C56H60O31/c1-76-33-11-22(3-7-27(33)58)5-9-40(64)78-19-36-44(68)48(72)51(75)55(85-36)87-53-49(73)46(70)38(20-79-41(65)10-6-23-4-8-28(59)34(12-23)77-2)86-56(53)83-35-17-26-31(81-52(35)24-13-29(60)43(67)30(61)14-24)15-25(57)16-32(26)82-54-50(74)47(71)45(69)37(84-54)21-80-42(66)18-39(62)63/h3-17,31,36-38,44-51,53-61,67-75H,18-21H2,1-2H3,(H,62,63). The van der Waals surface area contributed by atoms with Crippen molar-refractivity contribution >= 4 is 41.8 Å². The molecule has 3 aromatic rings. The van der Waals surface area contributed by atoms with Gasteiger partial charge in [-0.05, 0) is 65.8 Å². The van der Waals surface area contributed by atoms with E-state index in [-0.39, 0.29) is 34.1 Å². The van der Waals surface area contributed by atoms with Crippen LogP contribution in [0.1, 0.15) is 23.1 Å². The van der Waals surface area contributed by atoms with Crippen molar-refractivity contribution in [2.45, 2.75) is 105 Å². The Morgan fingerprint density at radius 2 is 1.05 bits per heavy atom. The van der Waals surface area contributed by atoms with Gasteiger partial charge in [-0.3, -0.25) is 9.59 Å². The molecule has 15 N–H and O–H groups in total. The molecule has 0 aromatic heterocycles. The van der Waals surface area contributed by atoms with E-state index >= 15 is 0 Å². The molecular weight excluding hydrogens is 1170 g/mol. The van der Waals surface area contributed by atoms with Gasteiger partial charge in [0, 0.05) is 35.4 Å². The number of fused-ring (bicyclic) bond motifs is 1. The van der Waals surface area contributed by atoms with E-state index in [1.54, 1.807) is 0 Å². The number of phenols is 5. The topological polar surface area (TPSA) is 482 Å². The number of carboxylic acids is 1. The maximum absolute atomic E-state index is 13.1. The number of phenolic OH excluding ortho intramolecular Hbond substituents is 5. The third kappa shape index (κ3) is 15.1. The summed E-state index contributed by atoms with van der Waals surface area (Å²) in [6.07, 6.45) is -25.4. The van der Waals surface area contributed by atoms with Crippen LogP contribution in [0.2, 0.25) is 0 Å². The molecule has 470 valence electrons. The zero-order chi connectivity index (χ0) is 63.1. The monoisotopic (exact) mass is 1230 g/mol. The van der Waals surface area contributed by atoms with Crippen LogP contribution in [0.25, 0.3) is 17.9 Å². The Bertz CT molecular complexity index is 3200. The number of carbonyl (C=O) groups is 4. The number of aliphatic hydroxyl groups excluding tert-OH is 9. The van der Waals surface area contributed by atoms with Gasteiger partial charge in [0.2, 0.25) is 12.6 Å². The summed E-state index contributed by atoms with van der Waals surface area (Å²) in [6, 6.07) is 10.0. The second-order valence-electron chi connectivity index (χ2n) is 19.7. The number of hydrogen-bond acceptors (Lipinski definition) is 30. The van der Waals surface area contributed by atoms with E-state index in [1.807, 2.05) is 0 Å². The van der Waals surface area contributed by atoms with Crippen molar-refractivity contribution in [1.82, 2.24) is 0 Å². The van der Waals surface area contributed by atoms with E-state index in [0.717, 1.165) is 42.5 Å². The molecule has 0 spiro atoms. The van der Waals surface area contributed by atoms with Gasteiger partial charge in [-0.15, -0.1) is 0 Å². The molecule has 5 aliphatic rings. The SMILES string of the molecule is COc1cc(C=CC(=O)OCC2OC(OC3C(OC4=C(c5cc(O)c(O)c(O)c5)OC5C=C(O)C=C(OC6OC(COC(=O)CC(=O)O)C(O)C(O)C6O)C5=C4)OC(COC(=O)C=Cc4ccc(O)c(OC)c4)C(O)C3O)C(O)C(O)C2O)ccc1O. The van der Waals surface area contributed by atoms with E-state index in [1.165, 1.54) is 62.8 Å². The van der Waals surface area contributed by atoms with Gasteiger partial charge >= 0.3 is 23.9 Å². The number of carboxylic acid groups (broad SMARTS) is 1. The average Bonchev–Trinajstić information content (AvgIpc) is 1.10. The fourth-order valence-corrected chi connectivity index (χ4v) is 9.13. The van der Waals surface area contributed by atoms with Crippen molar-refractivity contribution in [2.75, 3.05) is 34.0 Å². The van der Waals surface area contributed by atoms with E-state index in [4.69, 9.17) is 61.9 Å². The lowest BCUT2D eigenvalue weighted by Crippen LogP contribution is -2.64. The maximum atomic E-state index is 13.1. The van der Waals surface area contributed by atoms with E-state index in [0.29, 0.717) is 11.1 Å². The Kier molecular flexibility index (Phi) is 20.5. The lowest BCUT2D eigenvalue weighted by Gasteiger charge is -2.46. The molecule has 4 aliphatic heterocycles. The molecule has 3 fully saturated rings. The summed E-state index contributed by atoms with van der Waals surface area (Å²) >= 11 is 0. The molecule has 31 nitrogen and oxygen atoms in total. The number of esters is 3. The molecule has 0 bridgehead atoms. The number of hydrogen-bond donors (Lipinski definition) is 15. The van der Waals surface area contributed by atoms with Crippen LogP contribution in [-0.2, 0) is 66.5 Å². The van der Waals surface area contributed by atoms with Crippen molar-refractivity contribution < 1.29 is 153 Å². The number of rotatable bonds is 21. The Labute approximate surface area is 490 Å². The van der Waals surface area contributed by atoms with Crippen LogP contribution >= 0.6 is 0 Å². The van der Waals surface area contributed by atoms with Crippen molar-refractivity contribution in [2.24, 2.45) is 0 Å². The summed E-state index contributed by atoms with van der Waals surface area (Å²) in [7, 11) is 2.61. The number of carbonyl (C=O) groups excluding carboxylic acids is 3. The van der Waals surface area contributed by atoms with Crippen molar-refractivity contribution in [1.29, 1.82) is 0 Å². The Balaban J connectivity index is 1.12. The van der Waals surface area contributed by atoms with Gasteiger partial charge in [-0.2, -0.15) is 0 Å². The smallest absolute Gasteiger partial charge is 0.330 e. The van der Waals surface area contributed by atoms with Gasteiger partial charge in [0.05, 0.1) is 14.2 Å². The van der Waals surface area contributed by atoms with Crippen LogP contribution in [0.4, 0.5) is 0 Å². The zero-order valence-electron chi connectivity index (χ0n) is 45.5. The summed E-state index contributed by atoms with van der Waals surface area (Å²) in [6.45, 7) is -2.55. The zero-order valence-corrected chi connectivity index (χ0v) is 45.5. The molecule has 3 saturated heterocycles. The third-order valence-corrected chi connectivity index (χ3v) is 13.8. The van der Waals surface area contributed by atoms with Gasteiger partial charge in [-0.1, -0.05) is 12.1 Å². The maximum Gasteiger partial charge on any atom is 0.330 e. The highest BCUT2D eigenvalue weighted by Gasteiger charge is 2.53. The van der Waals surface area contributed by atoms with Crippen molar-refractivity contribution in [3.8, 4) is 40.2 Å². The molecule has 3 aromatic carbocycles. The Morgan fingerprint density at radius 3 is 1.57 bits per heavy atom. The summed E-state index contributed by atoms with van der Waals surface area (Å²) in [5.74, 6) is -10.1. The molecule has 31 heteroatoms. The summed E-state index contributed by atoms with van der Waals surface area (Å²) in [5, 5.41) is 161. The fourth-order valence-electron chi connectivity index (χ4n) is 9.13. The lowest BCUT2D eigenvalue weighted by molar-refractivity contribution is -0.363. The minimum atomic E-state index is -2.25. The van der Waals surface area contributed by atoms with E-state index in [9.17, 15) is 90.7 Å². The first-order valence-electron chi connectivity index (χ1n) is 26.1. The normalized spacial score (nSPS) is 29.8. The quantitative estimate of drug-likeness (QED) is 0.0191. The average molecular weight is 1230 g/mol. The molecule has 87 heavy (non-hydrogen) atoms. The molecule has 0 radical (unpaired) electrons. The number of aromatic hydroxyl groups is 5. The lowest BCUT2D eigenvalue weighted by atomic mass is 9.95. The third-order valence-electron chi connectivity index (χ3n) is 13.8. The summed E-state index contributed by atoms with van der Waals surface area (Å²) < 4.78 is 67.9. The van der Waals surface area contributed by atoms with Gasteiger partial charge in [0.25, 0.3) is 0 Å². The van der Waals surface area contributed by atoms with Crippen LogP contribution in [0.5, 0.6) is 40.2 Å². The van der Waals surface area contributed by atoms with E-state index in [2.05, 4.69) is 0 Å². The van der Waals surface area contributed by atoms with Crippen LogP contribution in [0, 0.1) is 0 Å². The predicted molar refractivity (Wildman–Crippen MR) is 284 cm³/mol. The Hall–Kier alpha value is -8.70. The van der Waals surface area contributed by atoms with Gasteiger partial charge < -0.3 is 133 Å². The van der Waals surface area contributed by atoms with Crippen LogP contribution in [0.3, 0.4) is 0 Å². The van der Waals surface area contributed by atoms with Crippen LogP contribution < -0.4 is 9.47 Å². The molecular formula is C56H60O31. The number of methoxy groups -OCH3 is 2. The number of ether oxygens (including phenoxy) is 12. The summed E-state index contributed by atoms with van der Waals surface area (Å²) in [5.41, 5.74) is 0.264. The van der Waals surface area contributed by atoms with Gasteiger partial charge in [0.1, 0.15) is 111 Å². The van der Waals surface area contributed by atoms with Gasteiger partial charge in [0.15, 0.2) is 64.2 Å². The largest absolute Gasteiger partial charge is 0.508 e. The molecule has 16 atom stereocenters. The minimum absolute atomic E-state index is 0.0725. The first kappa shape index (κ1) is 64.3. The molecule has 0 saturated carbocycles. The minimum Gasteiger partial charge on any atom is -0.508 e. The number of aliphatic hydroxyl groups is 9. The highest BCUT2D eigenvalue weighted by molar-refractivity contribution is 5.90. The Morgan fingerprint density at radius 1 is 0.552 bits per heavy atom. The van der Waals surface area contributed by atoms with E-state index < -0.39 is 189 Å². The van der Waals surface area contributed by atoms with Crippen LogP contribution in [-0.4, -0.2) is 233 Å².